The molecule has 106 valence electrons. The first-order chi connectivity index (χ1) is 9.15. The van der Waals surface area contributed by atoms with Crippen LogP contribution in [0.15, 0.2) is 24.3 Å². The maximum Gasteiger partial charge on any atom is 0.128 e. The molecule has 0 heterocycles. The molecule has 0 aliphatic heterocycles. The predicted octanol–water partition coefficient (Wildman–Crippen LogP) is 0.818. The van der Waals surface area contributed by atoms with Crippen LogP contribution in [0.1, 0.15) is 18.4 Å². The number of aliphatic hydroxyl groups excluding tert-OH is 2. The van der Waals surface area contributed by atoms with Crippen LogP contribution in [-0.4, -0.2) is 41.6 Å². The van der Waals surface area contributed by atoms with Gasteiger partial charge in [-0.25, -0.2) is 4.39 Å². The van der Waals surface area contributed by atoms with Crippen molar-refractivity contribution < 1.29 is 19.3 Å². The van der Waals surface area contributed by atoms with Gasteiger partial charge in [0.15, 0.2) is 0 Å². The number of hydrogen-bond donors (Lipinski definition) is 3. The minimum Gasteiger partial charge on any atom is -0.394 e. The zero-order valence-corrected chi connectivity index (χ0v) is 10.8. The van der Waals surface area contributed by atoms with E-state index in [0.717, 1.165) is 12.8 Å². The van der Waals surface area contributed by atoms with Gasteiger partial charge in [-0.1, -0.05) is 18.2 Å². The zero-order valence-electron chi connectivity index (χ0n) is 10.8. The first-order valence-corrected chi connectivity index (χ1v) is 6.50. The molecule has 5 heteroatoms. The van der Waals surface area contributed by atoms with Gasteiger partial charge in [0.2, 0.25) is 0 Å². The van der Waals surface area contributed by atoms with E-state index in [2.05, 4.69) is 5.32 Å². The van der Waals surface area contributed by atoms with E-state index in [4.69, 9.17) is 9.84 Å². The van der Waals surface area contributed by atoms with Gasteiger partial charge in [0.05, 0.1) is 25.9 Å². The number of aliphatic hydroxyl groups is 2. The minimum atomic E-state index is -0.657. The van der Waals surface area contributed by atoms with Crippen molar-refractivity contribution >= 4 is 0 Å². The molecule has 1 aliphatic carbocycles. The number of β-amino-alcohol motifs (C(OH)–C–C–N with tert-alkyl or cyclic N) is 1. The zero-order chi connectivity index (χ0) is 13.7. The first kappa shape index (κ1) is 14.4. The Labute approximate surface area is 112 Å². The predicted molar refractivity (Wildman–Crippen MR) is 69.1 cm³/mol. The van der Waals surface area contributed by atoms with E-state index < -0.39 is 6.10 Å². The highest BCUT2D eigenvalue weighted by Crippen LogP contribution is 2.34. The molecule has 1 unspecified atom stereocenters. The highest BCUT2D eigenvalue weighted by atomic mass is 19.1. The molecule has 4 nitrogen and oxygen atoms in total. The van der Waals surface area contributed by atoms with Crippen molar-refractivity contribution in [3.8, 4) is 0 Å². The van der Waals surface area contributed by atoms with Gasteiger partial charge in [-0.2, -0.15) is 0 Å². The summed E-state index contributed by atoms with van der Waals surface area (Å²) >= 11 is 0. The summed E-state index contributed by atoms with van der Waals surface area (Å²) in [6, 6.07) is 6.42. The Bertz CT molecular complexity index is 409. The van der Waals surface area contributed by atoms with E-state index in [1.165, 1.54) is 6.07 Å². The van der Waals surface area contributed by atoms with Crippen molar-refractivity contribution in [1.82, 2.24) is 5.32 Å². The molecule has 1 aromatic rings. The topological polar surface area (TPSA) is 61.7 Å². The van der Waals surface area contributed by atoms with Crippen LogP contribution in [0.3, 0.4) is 0 Å². The third kappa shape index (κ3) is 4.24. The number of hydrogen-bond acceptors (Lipinski definition) is 4. The Hall–Kier alpha value is -1.01. The summed E-state index contributed by atoms with van der Waals surface area (Å²) in [6.45, 7) is 0.755. The smallest absolute Gasteiger partial charge is 0.128 e. The lowest BCUT2D eigenvalue weighted by molar-refractivity contribution is 0.0249. The van der Waals surface area contributed by atoms with Gasteiger partial charge in [0.1, 0.15) is 5.82 Å². The molecule has 0 bridgehead atoms. The van der Waals surface area contributed by atoms with E-state index in [1.54, 1.807) is 18.2 Å². The fourth-order valence-electron chi connectivity index (χ4n) is 1.86. The molecule has 2 rings (SSSR count). The average molecular weight is 269 g/mol. The van der Waals surface area contributed by atoms with Gasteiger partial charge in [-0.05, 0) is 18.9 Å². The molecular formula is C14H20FNO3. The highest BCUT2D eigenvalue weighted by molar-refractivity contribution is 5.16. The second-order valence-corrected chi connectivity index (χ2v) is 5.08. The molecule has 0 spiro atoms. The monoisotopic (exact) mass is 269 g/mol. The average Bonchev–Trinajstić information content (AvgIpc) is 3.19. The Morgan fingerprint density at radius 1 is 1.37 bits per heavy atom. The van der Waals surface area contributed by atoms with E-state index in [0.29, 0.717) is 12.1 Å². The normalized spacial score (nSPS) is 18.3. The Morgan fingerprint density at radius 2 is 2.11 bits per heavy atom. The molecule has 0 amide bonds. The summed E-state index contributed by atoms with van der Waals surface area (Å²) in [4.78, 5) is 0. The molecule has 0 saturated heterocycles. The molecule has 1 aliphatic rings. The van der Waals surface area contributed by atoms with Crippen LogP contribution in [0.5, 0.6) is 0 Å². The van der Waals surface area contributed by atoms with E-state index in [-0.39, 0.29) is 31.2 Å². The van der Waals surface area contributed by atoms with Gasteiger partial charge in [-0.3, -0.25) is 0 Å². The van der Waals surface area contributed by atoms with Gasteiger partial charge in [-0.15, -0.1) is 0 Å². The third-order valence-electron chi connectivity index (χ3n) is 3.39. The fraction of sp³-hybridized carbons (Fsp3) is 0.571. The number of ether oxygens (including phenoxy) is 1. The summed E-state index contributed by atoms with van der Waals surface area (Å²) in [7, 11) is 0. The molecule has 1 saturated carbocycles. The first-order valence-electron chi connectivity index (χ1n) is 6.50. The van der Waals surface area contributed by atoms with Crippen LogP contribution in [0, 0.1) is 5.82 Å². The second-order valence-electron chi connectivity index (χ2n) is 5.08. The number of halogens is 1. The van der Waals surface area contributed by atoms with Gasteiger partial charge in [0, 0.05) is 17.6 Å². The Kier molecular flexibility index (Phi) is 4.87. The largest absolute Gasteiger partial charge is 0.394 e. The van der Waals surface area contributed by atoms with Crippen LogP contribution in [0.2, 0.25) is 0 Å². The fourth-order valence-corrected chi connectivity index (χ4v) is 1.86. The Balaban J connectivity index is 1.64. The maximum absolute atomic E-state index is 13.3. The van der Waals surface area contributed by atoms with E-state index >= 15 is 0 Å². The number of nitrogens with one attached hydrogen (secondary N) is 1. The minimum absolute atomic E-state index is 0.0931. The van der Waals surface area contributed by atoms with Crippen LogP contribution >= 0.6 is 0 Å². The molecule has 1 fully saturated rings. The van der Waals surface area contributed by atoms with Crippen molar-refractivity contribution in [1.29, 1.82) is 0 Å². The molecule has 0 aromatic heterocycles. The van der Waals surface area contributed by atoms with Crippen molar-refractivity contribution in [3.05, 3.63) is 35.6 Å². The SMILES string of the molecule is OCC1(NCC(O)COCc2ccccc2F)CC1. The lowest BCUT2D eigenvalue weighted by Gasteiger charge is -2.17. The molecule has 0 radical (unpaired) electrons. The van der Waals surface area contributed by atoms with Gasteiger partial charge >= 0.3 is 0 Å². The van der Waals surface area contributed by atoms with Crippen LogP contribution in [-0.2, 0) is 11.3 Å². The third-order valence-corrected chi connectivity index (χ3v) is 3.39. The Morgan fingerprint density at radius 3 is 2.74 bits per heavy atom. The van der Waals surface area contributed by atoms with E-state index in [9.17, 15) is 9.50 Å². The van der Waals surface area contributed by atoms with E-state index in [1.807, 2.05) is 0 Å². The van der Waals surface area contributed by atoms with Crippen molar-refractivity contribution in [2.45, 2.75) is 31.1 Å². The molecule has 3 N–H and O–H groups in total. The van der Waals surface area contributed by atoms with Gasteiger partial charge < -0.3 is 20.3 Å². The summed E-state index contributed by atoms with van der Waals surface area (Å²) in [5, 5.41) is 22.0. The van der Waals surface area contributed by atoms with Crippen LogP contribution < -0.4 is 5.32 Å². The molecule has 1 atom stereocenters. The standard InChI is InChI=1S/C14H20FNO3/c15-13-4-2-1-3-11(13)8-19-9-12(18)7-16-14(10-17)5-6-14/h1-4,12,16-18H,5-10H2. The van der Waals surface area contributed by atoms with Crippen molar-refractivity contribution in [2.24, 2.45) is 0 Å². The molecular weight excluding hydrogens is 249 g/mol. The van der Waals surface area contributed by atoms with Crippen molar-refractivity contribution in [2.75, 3.05) is 19.8 Å². The quantitative estimate of drug-likeness (QED) is 0.654. The summed E-state index contributed by atoms with van der Waals surface area (Å²) in [5.74, 6) is -0.299. The lowest BCUT2D eigenvalue weighted by atomic mass is 10.2. The van der Waals surface area contributed by atoms with Crippen LogP contribution in [0.4, 0.5) is 4.39 Å². The number of rotatable bonds is 8. The maximum atomic E-state index is 13.3. The summed E-state index contributed by atoms with van der Waals surface area (Å²) < 4.78 is 18.6. The van der Waals surface area contributed by atoms with Gasteiger partial charge in [0.25, 0.3) is 0 Å². The van der Waals surface area contributed by atoms with Crippen molar-refractivity contribution in [3.63, 3.8) is 0 Å². The summed E-state index contributed by atoms with van der Waals surface area (Å²) in [6.07, 6.45) is 1.22. The summed E-state index contributed by atoms with van der Waals surface area (Å²) in [5.41, 5.74) is 0.295. The molecule has 19 heavy (non-hydrogen) atoms. The highest BCUT2D eigenvalue weighted by Gasteiger charge is 2.41. The number of benzene rings is 1. The second kappa shape index (κ2) is 6.43. The lowest BCUT2D eigenvalue weighted by Crippen LogP contribution is -2.41. The molecule has 1 aromatic carbocycles. The van der Waals surface area contributed by atoms with Crippen LogP contribution in [0.25, 0.3) is 0 Å².